The molecule has 13 N–H and O–H groups in total. The minimum atomic E-state index is -1.88. The summed E-state index contributed by atoms with van der Waals surface area (Å²) in [6.07, 6.45) is -22.4. The highest BCUT2D eigenvalue weighted by Gasteiger charge is 2.66. The molecule has 0 bridgehead atoms. The van der Waals surface area contributed by atoms with Gasteiger partial charge < -0.3 is 114 Å². The monoisotopic (exact) mass is 1080 g/mol. The predicted octanol–water partition coefficient (Wildman–Crippen LogP) is -2.70. The molecule has 4 aliphatic carbocycles. The largest absolute Gasteiger partial charge is 0.394 e. The predicted molar refractivity (Wildman–Crippen MR) is 255 cm³/mol. The van der Waals surface area contributed by atoms with Crippen LogP contribution in [0.2, 0.25) is 0 Å². The molecule has 432 valence electrons. The number of hydrogen-bond donors (Lipinski definition) is 13. The first-order chi connectivity index (χ1) is 35.6. The lowest BCUT2D eigenvalue weighted by atomic mass is 9.47. The fourth-order valence-corrected chi connectivity index (χ4v) is 15.4. The minimum absolute atomic E-state index is 0.0368. The maximum atomic E-state index is 11.6. The molecule has 23 heteroatoms. The van der Waals surface area contributed by atoms with Crippen LogP contribution in [0, 0.1) is 46.3 Å². The zero-order chi connectivity index (χ0) is 54.2. The van der Waals surface area contributed by atoms with Gasteiger partial charge in [0.1, 0.15) is 91.6 Å². The molecule has 0 spiro atoms. The molecule has 2 unspecified atom stereocenters. The second kappa shape index (κ2) is 23.4. The Morgan fingerprint density at radius 1 is 0.627 bits per heavy atom. The van der Waals surface area contributed by atoms with Gasteiger partial charge in [-0.15, -0.1) is 0 Å². The number of aliphatic hydroxyl groups is 13. The Morgan fingerprint density at radius 3 is 1.84 bits per heavy atom. The van der Waals surface area contributed by atoms with E-state index in [1.807, 2.05) is 6.92 Å². The van der Waals surface area contributed by atoms with Crippen molar-refractivity contribution in [1.82, 2.24) is 0 Å². The zero-order valence-corrected chi connectivity index (χ0v) is 43.8. The molecule has 75 heavy (non-hydrogen) atoms. The summed E-state index contributed by atoms with van der Waals surface area (Å²) in [5, 5.41) is 137. The number of rotatable bonds is 16. The SMILES string of the molecule is COC(C[C@@H](C)CO[C@@H]1O[C@H](CO)[C@@H](O)[C@H](O)[C@H]1O)C1O[C@H]2C[C@H]3[C@@H]4CC=C5C[C@@H](O[C@@H]6O[C@H](CO)[C@@H](O)[C@H](O[C@@H]7O[C@H](CO)[C@@H](O)[C@H](O)[C@H]7O)[C@H]6O[C@@H]6O[C@@H](C)[C@H](O)[C@@H](O)[C@H]6O)CC[C@]5(C)[C@H]4CC[C@]3(C)[C@H]2[C@@H]1C. The van der Waals surface area contributed by atoms with E-state index in [0.29, 0.717) is 42.9 Å². The van der Waals surface area contributed by atoms with E-state index in [-0.39, 0.29) is 47.6 Å². The third-order valence-electron chi connectivity index (χ3n) is 19.6. The molecule has 0 aromatic heterocycles. The molecule has 8 fully saturated rings. The van der Waals surface area contributed by atoms with Crippen LogP contribution < -0.4 is 0 Å². The molecular formula is C52H86O23. The maximum absolute atomic E-state index is 11.6. The van der Waals surface area contributed by atoms with Crippen molar-refractivity contribution in [2.45, 2.75) is 233 Å². The highest BCUT2D eigenvalue weighted by Crippen LogP contribution is 2.69. The van der Waals surface area contributed by atoms with Gasteiger partial charge in [0.15, 0.2) is 25.2 Å². The Kier molecular flexibility index (Phi) is 18.2. The Morgan fingerprint density at radius 2 is 1.20 bits per heavy atom. The summed E-state index contributed by atoms with van der Waals surface area (Å²) < 4.78 is 61.4. The van der Waals surface area contributed by atoms with Crippen LogP contribution in [-0.2, 0) is 47.4 Å². The van der Waals surface area contributed by atoms with Crippen molar-refractivity contribution < 1.29 is 114 Å². The molecule has 5 heterocycles. The average Bonchev–Trinajstić information content (AvgIpc) is 3.90. The molecule has 5 saturated heterocycles. The molecular weight excluding hydrogens is 993 g/mol. The van der Waals surface area contributed by atoms with Crippen LogP contribution >= 0.6 is 0 Å². The third kappa shape index (κ3) is 10.7. The first-order valence-corrected chi connectivity index (χ1v) is 27.3. The van der Waals surface area contributed by atoms with Gasteiger partial charge in [-0.3, -0.25) is 0 Å². The normalized spacial score (nSPS) is 53.8. The van der Waals surface area contributed by atoms with Crippen LogP contribution in [0.5, 0.6) is 0 Å². The molecule has 23 nitrogen and oxygen atoms in total. The van der Waals surface area contributed by atoms with E-state index in [1.54, 1.807) is 7.11 Å². The maximum Gasteiger partial charge on any atom is 0.187 e. The molecule has 0 aromatic rings. The van der Waals surface area contributed by atoms with Gasteiger partial charge in [-0.05, 0) is 105 Å². The lowest BCUT2D eigenvalue weighted by Gasteiger charge is -2.58. The van der Waals surface area contributed by atoms with Crippen LogP contribution in [0.4, 0.5) is 0 Å². The van der Waals surface area contributed by atoms with Crippen molar-refractivity contribution in [2.75, 3.05) is 33.5 Å². The summed E-state index contributed by atoms with van der Waals surface area (Å²) in [7, 11) is 1.70. The van der Waals surface area contributed by atoms with Gasteiger partial charge in [-0.2, -0.15) is 0 Å². The number of hydrogen-bond acceptors (Lipinski definition) is 23. The number of aliphatic hydroxyl groups excluding tert-OH is 13. The topological polar surface area (TPSA) is 355 Å². The second-order valence-electron chi connectivity index (χ2n) is 24.0. The van der Waals surface area contributed by atoms with E-state index < -0.39 is 149 Å². The molecule has 0 aromatic carbocycles. The number of fused-ring (bicyclic) bond motifs is 7. The van der Waals surface area contributed by atoms with Crippen molar-refractivity contribution in [2.24, 2.45) is 46.3 Å². The van der Waals surface area contributed by atoms with E-state index in [9.17, 15) is 66.4 Å². The summed E-state index contributed by atoms with van der Waals surface area (Å²) in [4.78, 5) is 0. The molecule has 0 amide bonds. The Labute approximate surface area is 437 Å². The first-order valence-electron chi connectivity index (χ1n) is 27.3. The van der Waals surface area contributed by atoms with Crippen LogP contribution in [0.1, 0.15) is 86.0 Å². The van der Waals surface area contributed by atoms with E-state index in [4.69, 9.17) is 47.4 Å². The van der Waals surface area contributed by atoms with Gasteiger partial charge in [0.25, 0.3) is 0 Å². The van der Waals surface area contributed by atoms with Crippen LogP contribution in [0.3, 0.4) is 0 Å². The summed E-state index contributed by atoms with van der Waals surface area (Å²) in [5.74, 6) is 1.75. The van der Waals surface area contributed by atoms with Crippen molar-refractivity contribution in [1.29, 1.82) is 0 Å². The highest BCUT2D eigenvalue weighted by molar-refractivity contribution is 5.26. The average molecular weight is 1080 g/mol. The van der Waals surface area contributed by atoms with E-state index >= 15 is 0 Å². The minimum Gasteiger partial charge on any atom is -0.394 e. The van der Waals surface area contributed by atoms with E-state index in [2.05, 4.69) is 26.8 Å². The van der Waals surface area contributed by atoms with Gasteiger partial charge in [0, 0.05) is 7.11 Å². The second-order valence-corrected chi connectivity index (χ2v) is 24.0. The van der Waals surface area contributed by atoms with E-state index in [1.165, 1.54) is 12.5 Å². The molecule has 0 radical (unpaired) electrons. The smallest absolute Gasteiger partial charge is 0.187 e. The van der Waals surface area contributed by atoms with Gasteiger partial charge in [-0.1, -0.05) is 39.3 Å². The summed E-state index contributed by atoms with van der Waals surface area (Å²) in [6, 6.07) is 0. The fourth-order valence-electron chi connectivity index (χ4n) is 15.4. The van der Waals surface area contributed by atoms with E-state index in [0.717, 1.165) is 32.1 Å². The summed E-state index contributed by atoms with van der Waals surface area (Å²) in [6.45, 7) is 8.76. The van der Waals surface area contributed by atoms with Crippen LogP contribution in [0.25, 0.3) is 0 Å². The van der Waals surface area contributed by atoms with Gasteiger partial charge in [0.2, 0.25) is 0 Å². The Balaban J connectivity index is 0.869. The van der Waals surface area contributed by atoms with Crippen molar-refractivity contribution in [3.05, 3.63) is 11.6 Å². The van der Waals surface area contributed by atoms with Crippen molar-refractivity contribution >= 4 is 0 Å². The van der Waals surface area contributed by atoms with Gasteiger partial charge >= 0.3 is 0 Å². The lowest BCUT2D eigenvalue weighted by Crippen LogP contribution is -2.67. The Bertz CT molecular complexity index is 1920. The van der Waals surface area contributed by atoms with Crippen LogP contribution in [0.15, 0.2) is 11.6 Å². The third-order valence-corrected chi connectivity index (χ3v) is 19.6. The fraction of sp³-hybridized carbons (Fsp3) is 0.962. The number of ether oxygens (including phenoxy) is 10. The van der Waals surface area contributed by atoms with Crippen molar-refractivity contribution in [3.63, 3.8) is 0 Å². The summed E-state index contributed by atoms with van der Waals surface area (Å²) in [5.41, 5.74) is 1.16. The van der Waals surface area contributed by atoms with Gasteiger partial charge in [0.05, 0.1) is 56.9 Å². The molecule has 5 aliphatic heterocycles. The number of allylic oxidation sites excluding steroid dienone is 1. The lowest BCUT2D eigenvalue weighted by molar-refractivity contribution is -0.394. The number of methoxy groups -OCH3 is 1. The highest BCUT2D eigenvalue weighted by atomic mass is 16.8. The van der Waals surface area contributed by atoms with Gasteiger partial charge in [-0.25, -0.2) is 0 Å². The van der Waals surface area contributed by atoms with Crippen molar-refractivity contribution in [3.8, 4) is 0 Å². The first kappa shape index (κ1) is 58.5. The summed E-state index contributed by atoms with van der Waals surface area (Å²) >= 11 is 0. The van der Waals surface area contributed by atoms with Crippen LogP contribution in [-0.4, -0.2) is 247 Å². The quantitative estimate of drug-likeness (QED) is 0.0700. The molecule has 9 aliphatic rings. The molecule has 32 atom stereocenters. The molecule has 3 saturated carbocycles. The molecule has 9 rings (SSSR count). The zero-order valence-electron chi connectivity index (χ0n) is 43.8. The standard InChI is InChI=1S/C52H86O23/c1-20(19-67-47-41(63)39(61)35(57)30(16-53)71-47)13-29(66-6)44-21(2)33-28(70-44)15-27-25-8-7-23-14-24(9-11-51(23,4)26(25)10-12-52(27,33)5)69-50-46(75-48-42(64)38(60)34(56)22(3)68-48)45(37(59)32(18-55)73-50)74-49-43(65)40(62)36(58)31(17-54)72-49/h7,20-22,24-50,53-65H,8-19H2,1-6H3/t20-,21+,22+,24+,25-,26+,27+,28+,29?,30-,31-,32-,33+,34+,35-,36-,37-,38-,39+,40+,41-,42-,43-,44?,45+,46-,47-,48+,49+,50-,51+,52+/m1/s1. The Hall–Kier alpha value is -1.18.